The van der Waals surface area contributed by atoms with Crippen LogP contribution in [-0.2, 0) is 4.79 Å². The van der Waals surface area contributed by atoms with Crippen molar-refractivity contribution in [3.05, 3.63) is 28.8 Å². The molecule has 0 spiro atoms. The quantitative estimate of drug-likeness (QED) is 0.843. The zero-order chi connectivity index (χ0) is 13.9. The molecule has 2 N–H and O–H groups in total. The van der Waals surface area contributed by atoms with E-state index in [0.717, 1.165) is 22.4 Å². The SMILES string of the molecule is CNC(c1cc(C)c(OC)c(C)c1)C(C)C(=O)O. The van der Waals surface area contributed by atoms with Crippen LogP contribution in [0.3, 0.4) is 0 Å². The topological polar surface area (TPSA) is 58.6 Å². The van der Waals surface area contributed by atoms with Gasteiger partial charge in [-0.1, -0.05) is 19.1 Å². The van der Waals surface area contributed by atoms with Gasteiger partial charge in [0, 0.05) is 6.04 Å². The second-order valence-corrected chi connectivity index (χ2v) is 4.58. The van der Waals surface area contributed by atoms with Crippen LogP contribution in [0.1, 0.15) is 29.7 Å². The number of nitrogens with one attached hydrogen (secondary N) is 1. The Morgan fingerprint density at radius 3 is 2.17 bits per heavy atom. The number of aliphatic carboxylic acids is 1. The number of carboxylic acids is 1. The zero-order valence-corrected chi connectivity index (χ0v) is 11.6. The molecule has 0 aliphatic carbocycles. The van der Waals surface area contributed by atoms with E-state index in [0.29, 0.717) is 0 Å². The lowest BCUT2D eigenvalue weighted by Crippen LogP contribution is -2.28. The second kappa shape index (κ2) is 5.87. The largest absolute Gasteiger partial charge is 0.496 e. The predicted octanol–water partition coefficient (Wildman–Crippen LogP) is 2.29. The van der Waals surface area contributed by atoms with Crippen LogP contribution in [0, 0.1) is 19.8 Å². The van der Waals surface area contributed by atoms with Crippen molar-refractivity contribution >= 4 is 5.97 Å². The Kier molecular flexibility index (Phi) is 4.73. The monoisotopic (exact) mass is 251 g/mol. The molecule has 18 heavy (non-hydrogen) atoms. The Morgan fingerprint density at radius 2 is 1.83 bits per heavy atom. The van der Waals surface area contributed by atoms with Gasteiger partial charge in [0.05, 0.1) is 13.0 Å². The van der Waals surface area contributed by atoms with Crippen molar-refractivity contribution < 1.29 is 14.6 Å². The molecule has 1 aromatic rings. The van der Waals surface area contributed by atoms with Crippen molar-refractivity contribution in [3.8, 4) is 5.75 Å². The molecule has 2 unspecified atom stereocenters. The molecule has 0 fully saturated rings. The Morgan fingerprint density at radius 1 is 1.33 bits per heavy atom. The maximum atomic E-state index is 11.1. The molecule has 1 aromatic carbocycles. The maximum Gasteiger partial charge on any atom is 0.308 e. The van der Waals surface area contributed by atoms with Crippen LogP contribution in [-0.4, -0.2) is 25.2 Å². The van der Waals surface area contributed by atoms with E-state index >= 15 is 0 Å². The third kappa shape index (κ3) is 2.82. The minimum absolute atomic E-state index is 0.203. The summed E-state index contributed by atoms with van der Waals surface area (Å²) in [7, 11) is 3.42. The van der Waals surface area contributed by atoms with Crippen molar-refractivity contribution in [1.82, 2.24) is 5.32 Å². The molecule has 0 aromatic heterocycles. The fourth-order valence-electron chi connectivity index (χ4n) is 2.33. The minimum Gasteiger partial charge on any atom is -0.496 e. The molecular formula is C14H21NO3. The molecule has 0 heterocycles. The summed E-state index contributed by atoms with van der Waals surface area (Å²) in [6, 6.07) is 3.75. The average molecular weight is 251 g/mol. The number of hydrogen-bond donors (Lipinski definition) is 2. The van der Waals surface area contributed by atoms with Gasteiger partial charge in [0.1, 0.15) is 5.75 Å². The Labute approximate surface area is 108 Å². The lowest BCUT2D eigenvalue weighted by Gasteiger charge is -2.22. The van der Waals surface area contributed by atoms with Crippen LogP contribution in [0.15, 0.2) is 12.1 Å². The van der Waals surface area contributed by atoms with Gasteiger partial charge in [0.15, 0.2) is 0 Å². The summed E-state index contributed by atoms with van der Waals surface area (Å²) in [5.41, 5.74) is 3.01. The second-order valence-electron chi connectivity index (χ2n) is 4.58. The van der Waals surface area contributed by atoms with E-state index in [1.54, 1.807) is 21.1 Å². The first-order valence-corrected chi connectivity index (χ1v) is 5.97. The van der Waals surface area contributed by atoms with Crippen molar-refractivity contribution in [2.24, 2.45) is 5.92 Å². The van der Waals surface area contributed by atoms with Gasteiger partial charge < -0.3 is 15.2 Å². The molecular weight excluding hydrogens is 230 g/mol. The van der Waals surface area contributed by atoms with Crippen LogP contribution < -0.4 is 10.1 Å². The summed E-state index contributed by atoms with van der Waals surface area (Å²) in [5.74, 6) is -0.431. The Balaban J connectivity index is 3.19. The van der Waals surface area contributed by atoms with E-state index in [9.17, 15) is 4.79 Å². The first-order valence-electron chi connectivity index (χ1n) is 5.97. The zero-order valence-electron chi connectivity index (χ0n) is 11.6. The number of ether oxygens (including phenoxy) is 1. The normalized spacial score (nSPS) is 14.1. The summed E-state index contributed by atoms with van der Waals surface area (Å²) in [4.78, 5) is 11.1. The van der Waals surface area contributed by atoms with E-state index in [1.165, 1.54) is 0 Å². The summed E-state index contributed by atoms with van der Waals surface area (Å²) in [5, 5.41) is 12.2. The number of benzene rings is 1. The first-order chi connectivity index (χ1) is 8.42. The van der Waals surface area contributed by atoms with Gasteiger partial charge in [-0.05, 0) is 37.6 Å². The highest BCUT2D eigenvalue weighted by molar-refractivity contribution is 5.71. The molecule has 0 aliphatic heterocycles. The van der Waals surface area contributed by atoms with Crippen molar-refractivity contribution in [1.29, 1.82) is 0 Å². The van der Waals surface area contributed by atoms with Crippen molar-refractivity contribution in [2.45, 2.75) is 26.8 Å². The van der Waals surface area contributed by atoms with Crippen LogP contribution in [0.4, 0.5) is 0 Å². The number of hydrogen-bond acceptors (Lipinski definition) is 3. The summed E-state index contributed by atoms with van der Waals surface area (Å²) in [6.07, 6.45) is 0. The molecule has 2 atom stereocenters. The number of carboxylic acid groups (broad SMARTS) is 1. The fourth-order valence-corrected chi connectivity index (χ4v) is 2.33. The third-order valence-corrected chi connectivity index (χ3v) is 3.25. The van der Waals surface area contributed by atoms with Crippen molar-refractivity contribution in [2.75, 3.05) is 14.2 Å². The highest BCUT2D eigenvalue weighted by atomic mass is 16.5. The van der Waals surface area contributed by atoms with Crippen LogP contribution in [0.2, 0.25) is 0 Å². The van der Waals surface area contributed by atoms with E-state index in [1.807, 2.05) is 26.0 Å². The highest BCUT2D eigenvalue weighted by Crippen LogP contribution is 2.30. The molecule has 0 amide bonds. The smallest absolute Gasteiger partial charge is 0.308 e. The lowest BCUT2D eigenvalue weighted by molar-refractivity contribution is -0.142. The maximum absolute atomic E-state index is 11.1. The van der Waals surface area contributed by atoms with Crippen LogP contribution in [0.5, 0.6) is 5.75 Å². The predicted molar refractivity (Wildman–Crippen MR) is 71.1 cm³/mol. The van der Waals surface area contributed by atoms with Crippen molar-refractivity contribution in [3.63, 3.8) is 0 Å². The van der Waals surface area contributed by atoms with Gasteiger partial charge in [-0.25, -0.2) is 0 Å². The van der Waals surface area contributed by atoms with E-state index in [-0.39, 0.29) is 6.04 Å². The first kappa shape index (κ1) is 14.5. The summed E-state index contributed by atoms with van der Waals surface area (Å²) < 4.78 is 5.32. The molecule has 100 valence electrons. The molecule has 0 bridgehead atoms. The standard InChI is InChI=1S/C14H21NO3/c1-8-6-11(7-9(2)13(8)18-5)12(15-4)10(3)14(16)17/h6-7,10,12,15H,1-5H3,(H,16,17). The van der Waals surface area contributed by atoms with E-state index in [2.05, 4.69) is 5.32 Å². The number of methoxy groups -OCH3 is 1. The van der Waals surface area contributed by atoms with Gasteiger partial charge in [-0.15, -0.1) is 0 Å². The Bertz CT molecular complexity index is 420. The van der Waals surface area contributed by atoms with Gasteiger partial charge in [0.25, 0.3) is 0 Å². The molecule has 4 heteroatoms. The number of rotatable bonds is 5. The average Bonchev–Trinajstić information content (AvgIpc) is 2.29. The summed E-state index contributed by atoms with van der Waals surface area (Å²) in [6.45, 7) is 5.64. The lowest BCUT2D eigenvalue weighted by atomic mass is 9.92. The number of aryl methyl sites for hydroxylation is 2. The van der Waals surface area contributed by atoms with Gasteiger partial charge >= 0.3 is 5.97 Å². The van der Waals surface area contributed by atoms with Gasteiger partial charge in [-0.2, -0.15) is 0 Å². The van der Waals surface area contributed by atoms with E-state index in [4.69, 9.17) is 9.84 Å². The third-order valence-electron chi connectivity index (χ3n) is 3.25. The summed E-state index contributed by atoms with van der Waals surface area (Å²) >= 11 is 0. The van der Waals surface area contributed by atoms with Gasteiger partial charge in [-0.3, -0.25) is 4.79 Å². The molecule has 0 aliphatic rings. The van der Waals surface area contributed by atoms with Gasteiger partial charge in [0.2, 0.25) is 0 Å². The minimum atomic E-state index is -0.805. The Hall–Kier alpha value is -1.55. The number of carbonyl (C=O) groups is 1. The molecule has 0 radical (unpaired) electrons. The van der Waals surface area contributed by atoms with Crippen LogP contribution >= 0.6 is 0 Å². The van der Waals surface area contributed by atoms with Crippen LogP contribution in [0.25, 0.3) is 0 Å². The highest BCUT2D eigenvalue weighted by Gasteiger charge is 2.24. The molecule has 1 rings (SSSR count). The van der Waals surface area contributed by atoms with E-state index < -0.39 is 11.9 Å². The molecule has 4 nitrogen and oxygen atoms in total. The molecule has 0 saturated heterocycles. The fraction of sp³-hybridized carbons (Fsp3) is 0.500. The molecule has 0 saturated carbocycles.